The number of nitriles is 1. The van der Waals surface area contributed by atoms with Gasteiger partial charge in [-0.3, -0.25) is 14.9 Å². The number of aryl methyl sites for hydroxylation is 1. The molecule has 166 valence electrons. The van der Waals surface area contributed by atoms with E-state index in [4.69, 9.17) is 9.47 Å². The van der Waals surface area contributed by atoms with Crippen LogP contribution in [0.3, 0.4) is 0 Å². The van der Waals surface area contributed by atoms with Crippen molar-refractivity contribution in [1.29, 1.82) is 5.26 Å². The highest BCUT2D eigenvalue weighted by Crippen LogP contribution is 2.30. The van der Waals surface area contributed by atoms with Crippen LogP contribution in [0.2, 0.25) is 0 Å². The van der Waals surface area contributed by atoms with Gasteiger partial charge in [0.05, 0.1) is 12.0 Å². The van der Waals surface area contributed by atoms with E-state index in [1.54, 1.807) is 42.5 Å². The Balaban J connectivity index is 1.72. The van der Waals surface area contributed by atoms with Gasteiger partial charge in [0.25, 0.3) is 11.6 Å². The van der Waals surface area contributed by atoms with E-state index in [-0.39, 0.29) is 17.9 Å². The van der Waals surface area contributed by atoms with E-state index >= 15 is 0 Å². The number of amides is 1. The molecule has 0 saturated carbocycles. The van der Waals surface area contributed by atoms with Crippen molar-refractivity contribution < 1.29 is 19.2 Å². The molecule has 3 aromatic rings. The second-order valence-corrected chi connectivity index (χ2v) is 7.11. The number of nitrogens with one attached hydrogen (secondary N) is 1. The van der Waals surface area contributed by atoms with Crippen molar-refractivity contribution in [2.45, 2.75) is 13.5 Å². The summed E-state index contributed by atoms with van der Waals surface area (Å²) in [5.74, 6) is 0.358. The molecule has 0 spiro atoms. The molecule has 0 aliphatic heterocycles. The minimum atomic E-state index is -0.515. The summed E-state index contributed by atoms with van der Waals surface area (Å²) >= 11 is 0. The van der Waals surface area contributed by atoms with Gasteiger partial charge in [0, 0.05) is 17.8 Å². The summed E-state index contributed by atoms with van der Waals surface area (Å²) in [5, 5.41) is 22.9. The molecule has 33 heavy (non-hydrogen) atoms. The molecule has 0 bridgehead atoms. The molecular weight excluding hydrogens is 422 g/mol. The molecule has 0 unspecified atom stereocenters. The number of hydrogen-bond donors (Lipinski definition) is 1. The van der Waals surface area contributed by atoms with Gasteiger partial charge in [-0.2, -0.15) is 5.26 Å². The number of anilines is 1. The Morgan fingerprint density at radius 2 is 1.79 bits per heavy atom. The molecule has 0 aliphatic carbocycles. The second-order valence-electron chi connectivity index (χ2n) is 7.11. The summed E-state index contributed by atoms with van der Waals surface area (Å²) in [6.07, 6.45) is 1.46. The fourth-order valence-corrected chi connectivity index (χ4v) is 2.92. The Bertz CT molecular complexity index is 1230. The topological polar surface area (TPSA) is 114 Å². The largest absolute Gasteiger partial charge is 0.493 e. The minimum absolute atomic E-state index is 0.00665. The smallest absolute Gasteiger partial charge is 0.269 e. The van der Waals surface area contributed by atoms with Crippen molar-refractivity contribution in [1.82, 2.24) is 0 Å². The van der Waals surface area contributed by atoms with Crippen molar-refractivity contribution >= 4 is 23.4 Å². The maximum absolute atomic E-state index is 12.5. The number of nitro benzene ring substituents is 1. The van der Waals surface area contributed by atoms with Gasteiger partial charge in [-0.1, -0.05) is 23.8 Å². The van der Waals surface area contributed by atoms with Crippen LogP contribution in [-0.2, 0) is 11.4 Å². The average molecular weight is 443 g/mol. The van der Waals surface area contributed by atoms with Crippen LogP contribution in [0.4, 0.5) is 11.4 Å². The lowest BCUT2D eigenvalue weighted by molar-refractivity contribution is -0.384. The number of carbonyl (C=O) groups is 1. The van der Waals surface area contributed by atoms with Gasteiger partial charge in [-0.15, -0.1) is 0 Å². The van der Waals surface area contributed by atoms with E-state index in [0.29, 0.717) is 22.7 Å². The number of hydrogen-bond acceptors (Lipinski definition) is 6. The maximum atomic E-state index is 12.5. The number of benzene rings is 3. The van der Waals surface area contributed by atoms with Crippen molar-refractivity contribution in [3.8, 4) is 17.6 Å². The summed E-state index contributed by atoms with van der Waals surface area (Å²) in [4.78, 5) is 22.8. The molecule has 0 heterocycles. The zero-order valence-corrected chi connectivity index (χ0v) is 18.1. The van der Waals surface area contributed by atoms with Gasteiger partial charge in [0.1, 0.15) is 18.2 Å². The zero-order chi connectivity index (χ0) is 23.8. The third kappa shape index (κ3) is 6.18. The molecule has 0 aromatic heterocycles. The molecule has 8 nitrogen and oxygen atoms in total. The third-order valence-corrected chi connectivity index (χ3v) is 4.71. The summed E-state index contributed by atoms with van der Waals surface area (Å²) in [5.41, 5.74) is 2.95. The van der Waals surface area contributed by atoms with Crippen LogP contribution in [0.25, 0.3) is 6.08 Å². The first-order valence-electron chi connectivity index (χ1n) is 9.93. The van der Waals surface area contributed by atoms with Crippen molar-refractivity contribution in [3.63, 3.8) is 0 Å². The van der Waals surface area contributed by atoms with Gasteiger partial charge in [0.2, 0.25) is 0 Å². The average Bonchev–Trinajstić information content (AvgIpc) is 2.83. The van der Waals surface area contributed by atoms with Crippen molar-refractivity contribution in [2.75, 3.05) is 12.4 Å². The summed E-state index contributed by atoms with van der Waals surface area (Å²) < 4.78 is 11.2. The minimum Gasteiger partial charge on any atom is -0.493 e. The van der Waals surface area contributed by atoms with Gasteiger partial charge in [-0.25, -0.2) is 0 Å². The summed E-state index contributed by atoms with van der Waals surface area (Å²) in [6.45, 7) is 2.13. The maximum Gasteiger partial charge on any atom is 0.269 e. The van der Waals surface area contributed by atoms with Crippen LogP contribution < -0.4 is 14.8 Å². The molecule has 1 amide bonds. The van der Waals surface area contributed by atoms with Crippen molar-refractivity contribution in [2.24, 2.45) is 0 Å². The monoisotopic (exact) mass is 443 g/mol. The third-order valence-electron chi connectivity index (χ3n) is 4.71. The molecule has 8 heteroatoms. The second kappa shape index (κ2) is 10.6. The van der Waals surface area contributed by atoms with E-state index in [2.05, 4.69) is 5.32 Å². The first kappa shape index (κ1) is 23.0. The molecule has 0 fully saturated rings. The van der Waals surface area contributed by atoms with Crippen LogP contribution in [0, 0.1) is 28.4 Å². The van der Waals surface area contributed by atoms with E-state index in [1.807, 2.05) is 25.1 Å². The Labute approximate surface area is 190 Å². The normalized spacial score (nSPS) is 10.8. The molecule has 1 N–H and O–H groups in total. The van der Waals surface area contributed by atoms with Gasteiger partial charge >= 0.3 is 0 Å². The number of carbonyl (C=O) groups excluding carboxylic acids is 1. The molecule has 3 aromatic carbocycles. The molecular formula is C25H21N3O5. The number of nitrogens with zero attached hydrogens (tertiary/aromatic N) is 2. The Morgan fingerprint density at radius 1 is 1.09 bits per heavy atom. The lowest BCUT2D eigenvalue weighted by atomic mass is 10.1. The fraction of sp³-hybridized carbons (Fsp3) is 0.120. The van der Waals surface area contributed by atoms with E-state index in [9.17, 15) is 20.2 Å². The van der Waals surface area contributed by atoms with Crippen LogP contribution in [0.1, 0.15) is 16.7 Å². The SMILES string of the molecule is COc1cc(/C=C(\C#N)C(=O)Nc2ccc(C)cc2)ccc1OCc1ccc([N+](=O)[O-])cc1. The standard InChI is InChI=1S/C25H21N3O5/c1-17-3-8-21(9-4-17)27-25(29)20(15-26)13-19-7-12-23(24(14-19)32-2)33-16-18-5-10-22(11-6-18)28(30)31/h3-14H,16H2,1-2H3,(H,27,29)/b20-13+. The fourth-order valence-electron chi connectivity index (χ4n) is 2.92. The Kier molecular flexibility index (Phi) is 7.39. The highest BCUT2D eigenvalue weighted by atomic mass is 16.6. The van der Waals surface area contributed by atoms with Crippen molar-refractivity contribution in [3.05, 3.63) is 99.1 Å². The summed E-state index contributed by atoms with van der Waals surface area (Å²) in [6, 6.07) is 20.3. The van der Waals surface area contributed by atoms with Crippen LogP contribution >= 0.6 is 0 Å². The number of nitro groups is 1. The predicted molar refractivity (Wildman–Crippen MR) is 124 cm³/mol. The van der Waals surface area contributed by atoms with Crippen LogP contribution in [-0.4, -0.2) is 17.9 Å². The summed E-state index contributed by atoms with van der Waals surface area (Å²) in [7, 11) is 1.48. The van der Waals surface area contributed by atoms with E-state index in [0.717, 1.165) is 11.1 Å². The van der Waals surface area contributed by atoms with Crippen LogP contribution in [0.5, 0.6) is 11.5 Å². The number of ether oxygens (including phenoxy) is 2. The highest BCUT2D eigenvalue weighted by Gasteiger charge is 2.12. The quantitative estimate of drug-likeness (QED) is 0.226. The Hall–Kier alpha value is -4.64. The zero-order valence-electron chi connectivity index (χ0n) is 18.1. The van der Waals surface area contributed by atoms with E-state index in [1.165, 1.54) is 25.3 Å². The lowest BCUT2D eigenvalue weighted by Gasteiger charge is -2.12. The predicted octanol–water partition coefficient (Wildman–Crippen LogP) is 5.04. The Morgan fingerprint density at radius 3 is 2.39 bits per heavy atom. The first-order chi connectivity index (χ1) is 15.9. The number of rotatable bonds is 8. The number of methoxy groups -OCH3 is 1. The van der Waals surface area contributed by atoms with Gasteiger partial charge < -0.3 is 14.8 Å². The first-order valence-corrected chi connectivity index (χ1v) is 9.93. The van der Waals surface area contributed by atoms with Gasteiger partial charge in [-0.05, 0) is 60.5 Å². The molecule has 0 aliphatic rings. The lowest BCUT2D eigenvalue weighted by Crippen LogP contribution is -2.13. The number of non-ortho nitro benzene ring substituents is 1. The molecule has 0 atom stereocenters. The molecule has 3 rings (SSSR count). The molecule has 0 radical (unpaired) electrons. The van der Waals surface area contributed by atoms with E-state index < -0.39 is 10.8 Å². The molecule has 0 saturated heterocycles. The highest BCUT2D eigenvalue weighted by molar-refractivity contribution is 6.09. The van der Waals surface area contributed by atoms with Crippen LogP contribution in [0.15, 0.2) is 72.3 Å². The van der Waals surface area contributed by atoms with Gasteiger partial charge in [0.15, 0.2) is 11.5 Å².